The monoisotopic (exact) mass is 279 g/mol. The third-order valence-corrected chi connectivity index (χ3v) is 2.92. The van der Waals surface area contributed by atoms with E-state index in [1.807, 2.05) is 0 Å². The summed E-state index contributed by atoms with van der Waals surface area (Å²) in [6.07, 6.45) is 0. The molecule has 0 aliphatic carbocycles. The molecule has 0 N–H and O–H groups in total. The smallest absolute Gasteiger partial charge is 0.312 e. The first-order chi connectivity index (χ1) is 9.50. The second-order valence-electron chi connectivity index (χ2n) is 4.28. The number of ether oxygens (including phenoxy) is 1. The Labute approximate surface area is 114 Å². The lowest BCUT2D eigenvalue weighted by Crippen LogP contribution is -2.11. The third-order valence-electron chi connectivity index (χ3n) is 2.92. The summed E-state index contributed by atoms with van der Waals surface area (Å²) in [5.74, 6) is -0.282. The molecule has 7 heteroatoms. The Bertz CT molecular complexity index is 640. The molecule has 0 bridgehead atoms. The molecule has 0 unspecified atom stereocenters. The topological polar surface area (TPSA) is 70.2 Å². The van der Waals surface area contributed by atoms with E-state index < -0.39 is 10.7 Å². The lowest BCUT2D eigenvalue weighted by Gasteiger charge is -2.07. The number of para-hydroxylation sites is 1. The van der Waals surface area contributed by atoms with Crippen LogP contribution in [0.1, 0.15) is 11.4 Å². The van der Waals surface area contributed by atoms with E-state index in [0.29, 0.717) is 17.9 Å². The Morgan fingerprint density at radius 2 is 2.10 bits per heavy atom. The van der Waals surface area contributed by atoms with E-state index in [0.717, 1.165) is 0 Å². The maximum atomic E-state index is 13.3. The lowest BCUT2D eigenvalue weighted by molar-refractivity contribution is -0.386. The molecule has 1 aromatic carbocycles. The van der Waals surface area contributed by atoms with E-state index in [1.54, 1.807) is 26.0 Å². The van der Waals surface area contributed by atoms with Gasteiger partial charge in [-0.15, -0.1) is 0 Å². The molecule has 6 nitrogen and oxygen atoms in total. The van der Waals surface area contributed by atoms with Crippen LogP contribution >= 0.6 is 0 Å². The quantitative estimate of drug-likeness (QED) is 0.623. The average Bonchev–Trinajstić information content (AvgIpc) is 2.67. The summed E-state index contributed by atoms with van der Waals surface area (Å²) in [6.45, 7) is 3.70. The summed E-state index contributed by atoms with van der Waals surface area (Å²) in [6, 6.07) is 6.08. The van der Waals surface area contributed by atoms with E-state index in [-0.39, 0.29) is 18.0 Å². The van der Waals surface area contributed by atoms with Crippen molar-refractivity contribution in [1.82, 2.24) is 9.78 Å². The first-order valence-corrected chi connectivity index (χ1v) is 6.06. The molecule has 106 valence electrons. The Balaban J connectivity index is 2.04. The third kappa shape index (κ3) is 2.76. The molecule has 0 aliphatic heterocycles. The number of hydrogen-bond acceptors (Lipinski definition) is 4. The molecule has 1 heterocycles. The van der Waals surface area contributed by atoms with Gasteiger partial charge >= 0.3 is 5.69 Å². The molecule has 0 spiro atoms. The predicted octanol–water partition coefficient (Wildman–Crippen LogP) is 2.63. The van der Waals surface area contributed by atoms with Gasteiger partial charge in [0.1, 0.15) is 18.0 Å². The number of nitrogens with zero attached hydrogens (tertiary/aromatic N) is 3. The maximum Gasteiger partial charge on any atom is 0.312 e. The molecular weight excluding hydrogens is 265 g/mol. The normalized spacial score (nSPS) is 10.6. The summed E-state index contributed by atoms with van der Waals surface area (Å²) in [7, 11) is 0. The minimum absolute atomic E-state index is 0.0101. The van der Waals surface area contributed by atoms with Gasteiger partial charge in [0.15, 0.2) is 11.6 Å². The molecule has 0 saturated heterocycles. The molecule has 0 radical (unpaired) electrons. The van der Waals surface area contributed by atoms with Crippen LogP contribution in [-0.4, -0.2) is 21.3 Å². The second kappa shape index (κ2) is 5.68. The fourth-order valence-electron chi connectivity index (χ4n) is 1.97. The van der Waals surface area contributed by atoms with Gasteiger partial charge in [-0.05, 0) is 26.0 Å². The number of aryl methyl sites for hydroxylation is 1. The summed E-state index contributed by atoms with van der Waals surface area (Å²) in [5, 5.41) is 15.0. The van der Waals surface area contributed by atoms with Crippen molar-refractivity contribution < 1.29 is 14.1 Å². The van der Waals surface area contributed by atoms with Crippen LogP contribution in [0.15, 0.2) is 24.3 Å². The SMILES string of the molecule is Cc1nn(CCOc2ccccc2F)c(C)c1[N+](=O)[O-]. The van der Waals surface area contributed by atoms with Crippen molar-refractivity contribution in [1.29, 1.82) is 0 Å². The molecule has 0 amide bonds. The molecule has 1 aromatic heterocycles. The van der Waals surface area contributed by atoms with Gasteiger partial charge in [-0.25, -0.2) is 4.39 Å². The highest BCUT2D eigenvalue weighted by molar-refractivity contribution is 5.39. The number of halogens is 1. The lowest BCUT2D eigenvalue weighted by atomic mass is 10.3. The Morgan fingerprint density at radius 1 is 1.40 bits per heavy atom. The number of nitro groups is 1. The van der Waals surface area contributed by atoms with Crippen molar-refractivity contribution in [3.63, 3.8) is 0 Å². The van der Waals surface area contributed by atoms with Gasteiger partial charge in [0.25, 0.3) is 0 Å². The van der Waals surface area contributed by atoms with Crippen molar-refractivity contribution in [3.05, 3.63) is 51.6 Å². The summed E-state index contributed by atoms with van der Waals surface area (Å²) in [5.41, 5.74) is 0.832. The zero-order chi connectivity index (χ0) is 14.7. The van der Waals surface area contributed by atoms with Gasteiger partial charge in [0.05, 0.1) is 11.5 Å². The molecule has 0 fully saturated rings. The van der Waals surface area contributed by atoms with Crippen LogP contribution in [0.4, 0.5) is 10.1 Å². The highest BCUT2D eigenvalue weighted by atomic mass is 19.1. The highest BCUT2D eigenvalue weighted by Crippen LogP contribution is 2.22. The van der Waals surface area contributed by atoms with Crippen molar-refractivity contribution in [3.8, 4) is 5.75 Å². The van der Waals surface area contributed by atoms with Crippen LogP contribution in [0.3, 0.4) is 0 Å². The van der Waals surface area contributed by atoms with Crippen molar-refractivity contribution in [2.75, 3.05) is 6.61 Å². The molecule has 20 heavy (non-hydrogen) atoms. The summed E-state index contributed by atoms with van der Waals surface area (Å²) < 4.78 is 20.1. The van der Waals surface area contributed by atoms with Crippen LogP contribution in [0.2, 0.25) is 0 Å². The number of aromatic nitrogens is 2. The van der Waals surface area contributed by atoms with Crippen molar-refractivity contribution in [2.45, 2.75) is 20.4 Å². The summed E-state index contributed by atoms with van der Waals surface area (Å²) in [4.78, 5) is 10.4. The predicted molar refractivity (Wildman–Crippen MR) is 70.3 cm³/mol. The van der Waals surface area contributed by atoms with E-state index in [4.69, 9.17) is 4.74 Å². The second-order valence-corrected chi connectivity index (χ2v) is 4.28. The Kier molecular flexibility index (Phi) is 3.97. The maximum absolute atomic E-state index is 13.3. The van der Waals surface area contributed by atoms with Gasteiger partial charge in [-0.3, -0.25) is 14.8 Å². The van der Waals surface area contributed by atoms with Crippen LogP contribution in [0.5, 0.6) is 5.75 Å². The Morgan fingerprint density at radius 3 is 2.70 bits per heavy atom. The van der Waals surface area contributed by atoms with E-state index in [9.17, 15) is 14.5 Å². The number of benzene rings is 1. The van der Waals surface area contributed by atoms with Gasteiger partial charge in [0, 0.05) is 0 Å². The van der Waals surface area contributed by atoms with Crippen molar-refractivity contribution >= 4 is 5.69 Å². The van der Waals surface area contributed by atoms with Crippen LogP contribution in [-0.2, 0) is 6.54 Å². The van der Waals surface area contributed by atoms with Crippen LogP contribution in [0.25, 0.3) is 0 Å². The zero-order valence-electron chi connectivity index (χ0n) is 11.2. The molecule has 0 saturated carbocycles. The van der Waals surface area contributed by atoms with Crippen LogP contribution in [0, 0.1) is 29.8 Å². The van der Waals surface area contributed by atoms with Gasteiger partial charge in [-0.2, -0.15) is 5.10 Å². The molecule has 0 aliphatic rings. The standard InChI is InChI=1S/C13H14FN3O3/c1-9-13(17(18)19)10(2)16(15-9)7-8-20-12-6-4-3-5-11(12)14/h3-6H,7-8H2,1-2H3. The number of hydrogen-bond donors (Lipinski definition) is 0. The fourth-order valence-corrected chi connectivity index (χ4v) is 1.97. The van der Waals surface area contributed by atoms with E-state index in [1.165, 1.54) is 16.8 Å². The fraction of sp³-hybridized carbons (Fsp3) is 0.308. The first kappa shape index (κ1) is 14.0. The minimum atomic E-state index is -0.452. The average molecular weight is 279 g/mol. The van der Waals surface area contributed by atoms with E-state index >= 15 is 0 Å². The molecular formula is C13H14FN3O3. The molecule has 0 atom stereocenters. The van der Waals surface area contributed by atoms with Crippen LogP contribution < -0.4 is 4.74 Å². The highest BCUT2D eigenvalue weighted by Gasteiger charge is 2.21. The molecule has 2 aromatic rings. The Hall–Kier alpha value is -2.44. The van der Waals surface area contributed by atoms with E-state index in [2.05, 4.69) is 5.10 Å². The summed E-state index contributed by atoms with van der Waals surface area (Å²) >= 11 is 0. The van der Waals surface area contributed by atoms with Crippen molar-refractivity contribution in [2.24, 2.45) is 0 Å². The van der Waals surface area contributed by atoms with Gasteiger partial charge in [-0.1, -0.05) is 12.1 Å². The first-order valence-electron chi connectivity index (χ1n) is 6.06. The zero-order valence-corrected chi connectivity index (χ0v) is 11.2. The van der Waals surface area contributed by atoms with Gasteiger partial charge < -0.3 is 4.74 Å². The van der Waals surface area contributed by atoms with Gasteiger partial charge in [0.2, 0.25) is 0 Å². The number of rotatable bonds is 5. The largest absolute Gasteiger partial charge is 0.489 e. The molecule has 2 rings (SSSR count). The minimum Gasteiger partial charge on any atom is -0.489 e.